The lowest BCUT2D eigenvalue weighted by Crippen LogP contribution is -2.31. The van der Waals surface area contributed by atoms with Crippen molar-refractivity contribution < 1.29 is 27.9 Å². The number of hydrogen-bond donors (Lipinski definition) is 3. The summed E-state index contributed by atoms with van der Waals surface area (Å²) in [6.07, 6.45) is 10.6. The normalized spacial score (nSPS) is 17.1. The Labute approximate surface area is 173 Å². The monoisotopic (exact) mass is 427 g/mol. The van der Waals surface area contributed by atoms with E-state index < -0.39 is 12.1 Å². The quantitative estimate of drug-likeness (QED) is 0.527. The lowest BCUT2D eigenvalue weighted by molar-refractivity contribution is -0.192. The van der Waals surface area contributed by atoms with Gasteiger partial charge in [0.15, 0.2) is 0 Å². The standard InChI is InChI=1S/C19H27N3O.C2HF3O2/c1-3-4-5-6-7-8-10-20-15-12-16-17-14(9-11-22(16)2)13-21-18(17)19(15)23;3-2(4,5)1(6)7/h9,11-13,16,20-21H,3-8,10H2,1-2H3;(H,6,7). The van der Waals surface area contributed by atoms with Crippen molar-refractivity contribution in [3.63, 3.8) is 0 Å². The number of halogens is 3. The second-order valence-corrected chi connectivity index (χ2v) is 7.37. The average Bonchev–Trinajstić information content (AvgIpc) is 3.11. The van der Waals surface area contributed by atoms with Gasteiger partial charge in [-0.05, 0) is 24.1 Å². The van der Waals surface area contributed by atoms with Gasteiger partial charge in [0, 0.05) is 31.6 Å². The molecule has 9 heteroatoms. The lowest BCUT2D eigenvalue weighted by atomic mass is 9.90. The molecule has 0 saturated heterocycles. The summed E-state index contributed by atoms with van der Waals surface area (Å²) in [6.45, 7) is 3.11. The van der Waals surface area contributed by atoms with Crippen LogP contribution in [-0.4, -0.2) is 46.5 Å². The van der Waals surface area contributed by atoms with E-state index in [1.807, 2.05) is 6.20 Å². The van der Waals surface area contributed by atoms with E-state index in [2.05, 4.69) is 47.5 Å². The topological polar surface area (TPSA) is 85.4 Å². The highest BCUT2D eigenvalue weighted by Gasteiger charge is 2.38. The van der Waals surface area contributed by atoms with E-state index in [-0.39, 0.29) is 11.8 Å². The molecular weight excluding hydrogens is 399 g/mol. The Morgan fingerprint density at radius 2 is 1.87 bits per heavy atom. The number of ketones is 1. The van der Waals surface area contributed by atoms with Crippen LogP contribution in [0.4, 0.5) is 13.2 Å². The number of rotatable bonds is 8. The van der Waals surface area contributed by atoms with Crippen LogP contribution in [-0.2, 0) is 4.79 Å². The number of H-pyrrole nitrogens is 1. The van der Waals surface area contributed by atoms with Crippen molar-refractivity contribution in [1.82, 2.24) is 15.2 Å². The van der Waals surface area contributed by atoms with Gasteiger partial charge in [-0.25, -0.2) is 4.79 Å². The van der Waals surface area contributed by atoms with Crippen molar-refractivity contribution in [3.8, 4) is 0 Å². The molecule has 0 aromatic carbocycles. The van der Waals surface area contributed by atoms with Crippen molar-refractivity contribution in [3.05, 3.63) is 41.0 Å². The molecule has 1 atom stereocenters. The van der Waals surface area contributed by atoms with Crippen LogP contribution in [0.15, 0.2) is 24.2 Å². The first kappa shape index (κ1) is 23.6. The minimum atomic E-state index is -5.08. The minimum absolute atomic E-state index is 0.0946. The van der Waals surface area contributed by atoms with Crippen molar-refractivity contribution >= 4 is 17.8 Å². The number of aromatic nitrogens is 1. The molecule has 2 heterocycles. The lowest BCUT2D eigenvalue weighted by Gasteiger charge is -2.32. The van der Waals surface area contributed by atoms with E-state index in [0.717, 1.165) is 35.5 Å². The van der Waals surface area contributed by atoms with Gasteiger partial charge in [0.1, 0.15) is 0 Å². The molecule has 1 aromatic heterocycles. The summed E-state index contributed by atoms with van der Waals surface area (Å²) in [5.41, 5.74) is 3.73. The summed E-state index contributed by atoms with van der Waals surface area (Å²) in [6, 6.07) is 0.154. The first-order chi connectivity index (χ1) is 14.2. The number of aliphatic carboxylic acids is 1. The molecule has 3 N–H and O–H groups in total. The fraction of sp³-hybridized carbons (Fsp3) is 0.524. The van der Waals surface area contributed by atoms with Gasteiger partial charge in [-0.3, -0.25) is 4.79 Å². The maximum atomic E-state index is 12.6. The van der Waals surface area contributed by atoms with Crippen molar-refractivity contribution in [1.29, 1.82) is 0 Å². The summed E-state index contributed by atoms with van der Waals surface area (Å²) in [4.78, 5) is 26.8. The first-order valence-corrected chi connectivity index (χ1v) is 10.1. The predicted octanol–water partition coefficient (Wildman–Crippen LogP) is 4.64. The van der Waals surface area contributed by atoms with Gasteiger partial charge in [0.05, 0.1) is 17.4 Å². The fourth-order valence-electron chi connectivity index (χ4n) is 3.43. The smallest absolute Gasteiger partial charge is 0.475 e. The second-order valence-electron chi connectivity index (χ2n) is 7.37. The van der Waals surface area contributed by atoms with E-state index in [0.29, 0.717) is 0 Å². The zero-order valence-electron chi connectivity index (χ0n) is 17.2. The molecule has 0 spiro atoms. The van der Waals surface area contributed by atoms with Crippen LogP contribution >= 0.6 is 0 Å². The molecule has 6 nitrogen and oxygen atoms in total. The van der Waals surface area contributed by atoms with E-state index in [1.165, 1.54) is 32.1 Å². The predicted molar refractivity (Wildman–Crippen MR) is 108 cm³/mol. The van der Waals surface area contributed by atoms with Gasteiger partial charge in [0.2, 0.25) is 5.78 Å². The highest BCUT2D eigenvalue weighted by atomic mass is 19.4. The van der Waals surface area contributed by atoms with E-state index >= 15 is 0 Å². The number of carboxylic acid groups (broad SMARTS) is 1. The van der Waals surface area contributed by atoms with Crippen LogP contribution in [0.25, 0.3) is 6.08 Å². The number of unbranched alkanes of at least 4 members (excludes halogenated alkanes) is 5. The molecule has 2 aliphatic rings. The van der Waals surface area contributed by atoms with Gasteiger partial charge in [-0.15, -0.1) is 0 Å². The van der Waals surface area contributed by atoms with Crippen LogP contribution in [0.1, 0.15) is 73.1 Å². The van der Waals surface area contributed by atoms with Crippen molar-refractivity contribution in [2.75, 3.05) is 13.6 Å². The number of allylic oxidation sites excluding steroid dienone is 1. The first-order valence-electron chi connectivity index (χ1n) is 10.1. The van der Waals surface area contributed by atoms with Crippen molar-refractivity contribution in [2.45, 2.75) is 57.7 Å². The number of nitrogens with zero attached hydrogens (tertiary/aromatic N) is 1. The van der Waals surface area contributed by atoms with Gasteiger partial charge in [-0.1, -0.05) is 39.0 Å². The molecule has 0 saturated carbocycles. The third-order valence-electron chi connectivity index (χ3n) is 5.06. The molecule has 0 amide bonds. The molecule has 0 bridgehead atoms. The number of alkyl halides is 3. The zero-order chi connectivity index (χ0) is 22.3. The van der Waals surface area contributed by atoms with Gasteiger partial charge in [-0.2, -0.15) is 13.2 Å². The molecule has 0 radical (unpaired) electrons. The molecule has 1 unspecified atom stereocenters. The van der Waals surface area contributed by atoms with Gasteiger partial charge in [0.25, 0.3) is 0 Å². The Hall–Kier alpha value is -2.71. The Kier molecular flexibility index (Phi) is 8.14. The van der Waals surface area contributed by atoms with Crippen LogP contribution < -0.4 is 5.32 Å². The van der Waals surface area contributed by atoms with E-state index in [1.54, 1.807) is 0 Å². The average molecular weight is 427 g/mol. The number of carbonyl (C=O) groups excluding carboxylic acids is 1. The largest absolute Gasteiger partial charge is 0.490 e. The minimum Gasteiger partial charge on any atom is -0.475 e. The number of hydrogen-bond acceptors (Lipinski definition) is 4. The van der Waals surface area contributed by atoms with E-state index in [9.17, 15) is 18.0 Å². The number of aromatic amines is 1. The maximum Gasteiger partial charge on any atom is 0.490 e. The Balaban J connectivity index is 0.000000396. The van der Waals surface area contributed by atoms with E-state index in [4.69, 9.17) is 9.90 Å². The highest BCUT2D eigenvalue weighted by Crippen LogP contribution is 2.37. The van der Waals surface area contributed by atoms with Crippen LogP contribution in [0, 0.1) is 0 Å². The molecule has 3 rings (SSSR count). The third-order valence-corrected chi connectivity index (χ3v) is 5.06. The maximum absolute atomic E-state index is 12.6. The molecular formula is C21H28F3N3O3. The molecule has 166 valence electrons. The summed E-state index contributed by atoms with van der Waals surface area (Å²) in [5.74, 6) is -2.66. The molecule has 0 fully saturated rings. The molecule has 1 aromatic rings. The number of Topliss-reactive ketones (excluding diaryl/α,β-unsaturated/α-hetero) is 1. The fourth-order valence-corrected chi connectivity index (χ4v) is 3.43. The Bertz CT molecular complexity index is 812. The summed E-state index contributed by atoms with van der Waals surface area (Å²) >= 11 is 0. The number of carbonyl (C=O) groups is 2. The highest BCUT2D eigenvalue weighted by molar-refractivity contribution is 6.10. The molecule has 1 aliphatic carbocycles. The zero-order valence-corrected chi connectivity index (χ0v) is 17.2. The third kappa shape index (κ3) is 5.90. The van der Waals surface area contributed by atoms with Crippen molar-refractivity contribution in [2.24, 2.45) is 0 Å². The molecule has 1 aliphatic heterocycles. The summed E-state index contributed by atoms with van der Waals surface area (Å²) in [7, 11) is 2.05. The Morgan fingerprint density at radius 1 is 1.23 bits per heavy atom. The van der Waals surface area contributed by atoms with Crippen LogP contribution in [0.2, 0.25) is 0 Å². The Morgan fingerprint density at radius 3 is 2.50 bits per heavy atom. The van der Waals surface area contributed by atoms with Gasteiger partial charge < -0.3 is 20.3 Å². The van der Waals surface area contributed by atoms with Gasteiger partial charge >= 0.3 is 12.1 Å². The van der Waals surface area contributed by atoms with Crippen LogP contribution in [0.3, 0.4) is 0 Å². The van der Waals surface area contributed by atoms with Crippen LogP contribution in [0.5, 0.6) is 0 Å². The second kappa shape index (κ2) is 10.4. The molecule has 30 heavy (non-hydrogen) atoms. The SMILES string of the molecule is CCCCCCCCNC1=CC2c3c(c[nH]c3C1=O)C=CN2C.O=C(O)C(F)(F)F. The number of carboxylic acids is 1. The number of nitrogens with one attached hydrogen (secondary N) is 2. The summed E-state index contributed by atoms with van der Waals surface area (Å²) < 4.78 is 31.7. The summed E-state index contributed by atoms with van der Waals surface area (Å²) in [5, 5.41) is 10.5. The number of likely N-dealkylation sites (N-methyl/N-ethyl adjacent to an activating group) is 1.